The number of Topliss-reactive ketones (excluding diaryl/α,β-unsaturated/α-hetero) is 1. The summed E-state index contributed by atoms with van der Waals surface area (Å²) < 4.78 is 5.59. The number of anilines is 1. The lowest BCUT2D eigenvalue weighted by Gasteiger charge is -2.04. The van der Waals surface area contributed by atoms with E-state index in [0.29, 0.717) is 22.4 Å². The molecule has 0 aliphatic carbocycles. The first-order valence-electron chi connectivity index (χ1n) is 7.95. The van der Waals surface area contributed by atoms with Crippen LogP contribution in [0, 0.1) is 6.92 Å². The third-order valence-corrected chi connectivity index (χ3v) is 4.39. The average molecular weight is 367 g/mol. The Balaban J connectivity index is 1.55. The zero-order chi connectivity index (χ0) is 18.5. The van der Waals surface area contributed by atoms with E-state index in [1.807, 2.05) is 31.2 Å². The molecule has 0 atom stereocenters. The summed E-state index contributed by atoms with van der Waals surface area (Å²) in [5, 5.41) is 11.1. The molecule has 0 saturated heterocycles. The topological polar surface area (TPSA) is 85.1 Å². The van der Waals surface area contributed by atoms with Gasteiger partial charge in [-0.2, -0.15) is 0 Å². The van der Waals surface area contributed by atoms with Gasteiger partial charge in [0.15, 0.2) is 5.78 Å². The van der Waals surface area contributed by atoms with E-state index in [1.165, 1.54) is 18.7 Å². The van der Waals surface area contributed by atoms with Crippen LogP contribution in [0.25, 0.3) is 11.5 Å². The normalized spacial score (nSPS) is 10.5. The second-order valence-corrected chi connectivity index (χ2v) is 6.64. The minimum atomic E-state index is -0.194. The fraction of sp³-hybridized carbons (Fsp3) is 0.158. The summed E-state index contributed by atoms with van der Waals surface area (Å²) >= 11 is 1.17. The lowest BCUT2D eigenvalue weighted by Crippen LogP contribution is -2.14. The van der Waals surface area contributed by atoms with Crippen LogP contribution in [0.2, 0.25) is 0 Å². The Labute approximate surface area is 155 Å². The molecular weight excluding hydrogens is 350 g/mol. The Morgan fingerprint density at radius 2 is 1.88 bits per heavy atom. The maximum atomic E-state index is 12.0. The number of ketones is 1. The molecule has 0 radical (unpaired) electrons. The van der Waals surface area contributed by atoms with Crippen molar-refractivity contribution in [1.29, 1.82) is 0 Å². The highest BCUT2D eigenvalue weighted by atomic mass is 32.2. The highest BCUT2D eigenvalue weighted by Crippen LogP contribution is 2.23. The number of nitrogens with zero attached hydrogens (tertiary/aromatic N) is 2. The summed E-state index contributed by atoms with van der Waals surface area (Å²) in [4.78, 5) is 23.3. The average Bonchev–Trinajstić information content (AvgIpc) is 3.09. The van der Waals surface area contributed by atoms with E-state index in [4.69, 9.17) is 4.42 Å². The minimum Gasteiger partial charge on any atom is -0.411 e. The maximum absolute atomic E-state index is 12.0. The fourth-order valence-electron chi connectivity index (χ4n) is 2.28. The molecule has 2 aromatic carbocycles. The molecule has 0 unspecified atom stereocenters. The minimum absolute atomic E-state index is 0.0146. The fourth-order valence-corrected chi connectivity index (χ4v) is 2.84. The summed E-state index contributed by atoms with van der Waals surface area (Å²) in [5.74, 6) is 0.362. The molecule has 0 bridgehead atoms. The van der Waals surface area contributed by atoms with Gasteiger partial charge in [0, 0.05) is 16.8 Å². The van der Waals surface area contributed by atoms with Gasteiger partial charge in [0.2, 0.25) is 11.8 Å². The number of nitrogens with one attached hydrogen (secondary N) is 1. The van der Waals surface area contributed by atoms with E-state index < -0.39 is 0 Å². The van der Waals surface area contributed by atoms with E-state index in [9.17, 15) is 9.59 Å². The third kappa shape index (κ3) is 4.58. The van der Waals surface area contributed by atoms with Crippen molar-refractivity contribution in [2.45, 2.75) is 19.1 Å². The van der Waals surface area contributed by atoms with Crippen molar-refractivity contribution in [3.05, 3.63) is 59.7 Å². The molecular formula is C19H17N3O3S. The highest BCUT2D eigenvalue weighted by Gasteiger charge is 2.11. The molecule has 7 heteroatoms. The number of carbonyl (C=O) groups excluding carboxylic acids is 2. The van der Waals surface area contributed by atoms with Gasteiger partial charge in [-0.1, -0.05) is 29.5 Å². The van der Waals surface area contributed by atoms with Crippen molar-refractivity contribution in [2.75, 3.05) is 11.1 Å². The summed E-state index contributed by atoms with van der Waals surface area (Å²) in [5.41, 5.74) is 3.18. The molecule has 1 N–H and O–H groups in total. The first-order valence-corrected chi connectivity index (χ1v) is 8.94. The van der Waals surface area contributed by atoms with Gasteiger partial charge in [0.1, 0.15) is 0 Å². The number of benzene rings is 2. The van der Waals surface area contributed by atoms with Crippen molar-refractivity contribution in [3.63, 3.8) is 0 Å². The lowest BCUT2D eigenvalue weighted by molar-refractivity contribution is -0.113. The van der Waals surface area contributed by atoms with Crippen molar-refractivity contribution < 1.29 is 14.0 Å². The zero-order valence-electron chi connectivity index (χ0n) is 14.4. The second kappa shape index (κ2) is 7.97. The number of amides is 1. The molecule has 6 nitrogen and oxygen atoms in total. The molecule has 132 valence electrons. The van der Waals surface area contributed by atoms with E-state index in [2.05, 4.69) is 15.5 Å². The first-order chi connectivity index (χ1) is 12.5. The number of hydrogen-bond donors (Lipinski definition) is 1. The molecule has 0 spiro atoms. The molecule has 0 aliphatic rings. The van der Waals surface area contributed by atoms with Crippen LogP contribution in [0.4, 0.5) is 5.69 Å². The van der Waals surface area contributed by atoms with Gasteiger partial charge in [0.25, 0.3) is 5.22 Å². The van der Waals surface area contributed by atoms with Gasteiger partial charge in [-0.25, -0.2) is 0 Å². The number of aryl methyl sites for hydroxylation is 1. The van der Waals surface area contributed by atoms with Crippen LogP contribution < -0.4 is 5.32 Å². The van der Waals surface area contributed by atoms with E-state index in [0.717, 1.165) is 11.1 Å². The molecule has 1 heterocycles. The van der Waals surface area contributed by atoms with Crippen LogP contribution in [-0.4, -0.2) is 27.6 Å². The van der Waals surface area contributed by atoms with Crippen LogP contribution in [-0.2, 0) is 4.79 Å². The smallest absolute Gasteiger partial charge is 0.277 e. The van der Waals surface area contributed by atoms with E-state index in [1.54, 1.807) is 24.3 Å². The van der Waals surface area contributed by atoms with Crippen molar-refractivity contribution in [3.8, 4) is 11.5 Å². The Morgan fingerprint density at radius 1 is 1.12 bits per heavy atom. The Hall–Kier alpha value is -2.93. The summed E-state index contributed by atoms with van der Waals surface area (Å²) in [6.45, 7) is 3.49. The number of aromatic nitrogens is 2. The quantitative estimate of drug-likeness (QED) is 0.524. The number of hydrogen-bond acceptors (Lipinski definition) is 6. The predicted octanol–water partition coefficient (Wildman–Crippen LogP) is 3.98. The molecule has 3 rings (SSSR count). The van der Waals surface area contributed by atoms with Gasteiger partial charge in [-0.05, 0) is 50.2 Å². The van der Waals surface area contributed by atoms with Crippen molar-refractivity contribution >= 4 is 29.1 Å². The zero-order valence-corrected chi connectivity index (χ0v) is 15.2. The Kier molecular flexibility index (Phi) is 5.48. The van der Waals surface area contributed by atoms with E-state index >= 15 is 0 Å². The van der Waals surface area contributed by atoms with Gasteiger partial charge in [0.05, 0.1) is 5.75 Å². The summed E-state index contributed by atoms with van der Waals surface area (Å²) in [6, 6.07) is 14.5. The first kappa shape index (κ1) is 17.9. The molecule has 1 aromatic heterocycles. The lowest BCUT2D eigenvalue weighted by atomic mass is 10.1. The van der Waals surface area contributed by atoms with Gasteiger partial charge in [-0.15, -0.1) is 10.2 Å². The van der Waals surface area contributed by atoms with Gasteiger partial charge in [-0.3, -0.25) is 9.59 Å². The Morgan fingerprint density at radius 3 is 2.58 bits per heavy atom. The van der Waals surface area contributed by atoms with Crippen LogP contribution >= 0.6 is 11.8 Å². The van der Waals surface area contributed by atoms with Crippen molar-refractivity contribution in [1.82, 2.24) is 10.2 Å². The Bertz CT molecular complexity index is 935. The standard InChI is InChI=1S/C19H17N3O3S/c1-12-4-3-5-15(10-12)18-21-22-19(25-18)26-11-17(24)20-16-8-6-14(7-9-16)13(2)23/h3-10H,11H2,1-2H3,(H,20,24). The molecule has 0 saturated carbocycles. The predicted molar refractivity (Wildman–Crippen MR) is 100 cm³/mol. The molecule has 0 fully saturated rings. The SMILES string of the molecule is CC(=O)c1ccc(NC(=O)CSc2nnc(-c3cccc(C)c3)o2)cc1. The highest BCUT2D eigenvalue weighted by molar-refractivity contribution is 7.99. The maximum Gasteiger partial charge on any atom is 0.277 e. The largest absolute Gasteiger partial charge is 0.411 e. The number of carbonyl (C=O) groups is 2. The summed E-state index contributed by atoms with van der Waals surface area (Å²) in [6.07, 6.45) is 0. The van der Waals surface area contributed by atoms with Crippen LogP contribution in [0.3, 0.4) is 0 Å². The second-order valence-electron chi connectivity index (χ2n) is 5.71. The van der Waals surface area contributed by atoms with Crippen LogP contribution in [0.5, 0.6) is 0 Å². The number of thioether (sulfide) groups is 1. The number of rotatable bonds is 6. The van der Waals surface area contributed by atoms with E-state index in [-0.39, 0.29) is 17.4 Å². The monoisotopic (exact) mass is 367 g/mol. The van der Waals surface area contributed by atoms with Gasteiger partial charge >= 0.3 is 0 Å². The third-order valence-electron chi connectivity index (χ3n) is 3.57. The van der Waals surface area contributed by atoms with Crippen LogP contribution in [0.1, 0.15) is 22.8 Å². The molecule has 1 amide bonds. The molecule has 3 aromatic rings. The van der Waals surface area contributed by atoms with Crippen LogP contribution in [0.15, 0.2) is 58.2 Å². The molecule has 0 aliphatic heterocycles. The summed E-state index contributed by atoms with van der Waals surface area (Å²) in [7, 11) is 0. The van der Waals surface area contributed by atoms with Gasteiger partial charge < -0.3 is 9.73 Å². The van der Waals surface area contributed by atoms with Crippen molar-refractivity contribution in [2.24, 2.45) is 0 Å². The molecule has 26 heavy (non-hydrogen) atoms.